The quantitative estimate of drug-likeness (QED) is 0.811. The highest BCUT2D eigenvalue weighted by Crippen LogP contribution is 2.20. The van der Waals surface area contributed by atoms with E-state index in [2.05, 4.69) is 5.32 Å². The van der Waals surface area contributed by atoms with E-state index in [1.165, 1.54) is 0 Å². The van der Waals surface area contributed by atoms with Crippen LogP contribution in [0.4, 0.5) is 8.78 Å². The third-order valence-electron chi connectivity index (χ3n) is 4.37. The number of likely N-dealkylation sites (tertiary alicyclic amines) is 1. The van der Waals surface area contributed by atoms with E-state index in [0.29, 0.717) is 24.9 Å². The molecule has 1 heterocycles. The van der Waals surface area contributed by atoms with Crippen molar-refractivity contribution in [3.05, 3.63) is 34.9 Å². The first-order chi connectivity index (χ1) is 11.7. The van der Waals surface area contributed by atoms with Crippen LogP contribution in [0.3, 0.4) is 0 Å². The van der Waals surface area contributed by atoms with Crippen molar-refractivity contribution in [2.24, 2.45) is 11.7 Å². The molecule has 5 nitrogen and oxygen atoms in total. The molecule has 1 saturated heterocycles. The van der Waals surface area contributed by atoms with Crippen molar-refractivity contribution in [1.82, 2.24) is 10.2 Å². The molecule has 1 aliphatic rings. The molecule has 146 valence electrons. The van der Waals surface area contributed by atoms with Gasteiger partial charge in [-0.25, -0.2) is 8.78 Å². The molecule has 1 unspecified atom stereocenters. The molecule has 1 fully saturated rings. The molecule has 0 radical (unpaired) electrons. The molecule has 2 amide bonds. The standard InChI is InChI=1S/C18H25F2N3O2.ClH/c1-12-6-13(2)8-15(7-12)17(25)23-5-3-4-14(9-23)16(24)22-11-18(19,20)10-21;/h6-8,14H,3-5,9-11,21H2,1-2H3,(H,22,24);1H. The minimum Gasteiger partial charge on any atom is -0.350 e. The molecule has 0 spiro atoms. The Labute approximate surface area is 158 Å². The first-order valence-electron chi connectivity index (χ1n) is 8.45. The van der Waals surface area contributed by atoms with Gasteiger partial charge in [0.05, 0.1) is 19.0 Å². The Kier molecular flexibility index (Phi) is 7.96. The highest BCUT2D eigenvalue weighted by atomic mass is 35.5. The summed E-state index contributed by atoms with van der Waals surface area (Å²) < 4.78 is 26.4. The highest BCUT2D eigenvalue weighted by Gasteiger charge is 2.32. The van der Waals surface area contributed by atoms with E-state index in [0.717, 1.165) is 11.1 Å². The van der Waals surface area contributed by atoms with Gasteiger partial charge in [0.2, 0.25) is 5.91 Å². The molecule has 1 aromatic carbocycles. The number of alkyl halides is 2. The molecule has 0 bridgehead atoms. The van der Waals surface area contributed by atoms with Crippen LogP contribution < -0.4 is 11.1 Å². The Bertz CT molecular complexity index is 635. The Morgan fingerprint density at radius 3 is 2.46 bits per heavy atom. The largest absolute Gasteiger partial charge is 0.350 e. The minimum atomic E-state index is -3.11. The monoisotopic (exact) mass is 389 g/mol. The van der Waals surface area contributed by atoms with Crippen molar-refractivity contribution in [1.29, 1.82) is 0 Å². The van der Waals surface area contributed by atoms with Gasteiger partial charge in [0.1, 0.15) is 0 Å². The van der Waals surface area contributed by atoms with Crippen molar-refractivity contribution in [3.63, 3.8) is 0 Å². The molecule has 1 aromatic rings. The molecule has 8 heteroatoms. The molecule has 0 aromatic heterocycles. The summed E-state index contributed by atoms with van der Waals surface area (Å²) in [5.74, 6) is -4.17. The molecule has 1 atom stereocenters. The van der Waals surface area contributed by atoms with Crippen molar-refractivity contribution in [3.8, 4) is 0 Å². The number of piperidine rings is 1. The topological polar surface area (TPSA) is 75.4 Å². The Morgan fingerprint density at radius 2 is 1.88 bits per heavy atom. The van der Waals surface area contributed by atoms with Gasteiger partial charge in [-0.15, -0.1) is 12.4 Å². The fourth-order valence-corrected chi connectivity index (χ4v) is 3.09. The van der Waals surface area contributed by atoms with Gasteiger partial charge in [0.25, 0.3) is 11.8 Å². The number of halogens is 3. The van der Waals surface area contributed by atoms with E-state index < -0.39 is 30.8 Å². The fraction of sp³-hybridized carbons (Fsp3) is 0.556. The maximum atomic E-state index is 13.2. The number of rotatable bonds is 5. The molecule has 1 aliphatic heterocycles. The Morgan fingerprint density at radius 1 is 1.27 bits per heavy atom. The third kappa shape index (κ3) is 5.92. The Hall–Kier alpha value is -1.73. The minimum absolute atomic E-state index is 0. The lowest BCUT2D eigenvalue weighted by Crippen LogP contribution is -2.48. The number of amides is 2. The van der Waals surface area contributed by atoms with Crippen molar-refractivity contribution in [2.45, 2.75) is 32.6 Å². The van der Waals surface area contributed by atoms with Crippen LogP contribution in [0.1, 0.15) is 34.3 Å². The molecule has 3 N–H and O–H groups in total. The first kappa shape index (κ1) is 22.3. The number of nitrogens with zero attached hydrogens (tertiary/aromatic N) is 1. The number of carbonyl (C=O) groups excluding carboxylic acids is 2. The predicted molar refractivity (Wildman–Crippen MR) is 98.8 cm³/mol. The van der Waals surface area contributed by atoms with Crippen LogP contribution in [-0.4, -0.2) is 48.8 Å². The lowest BCUT2D eigenvalue weighted by atomic mass is 9.96. The molecule has 0 aliphatic carbocycles. The zero-order valence-electron chi connectivity index (χ0n) is 15.1. The highest BCUT2D eigenvalue weighted by molar-refractivity contribution is 5.95. The molecular formula is C18H26ClF2N3O2. The van der Waals surface area contributed by atoms with Crippen LogP contribution in [0.25, 0.3) is 0 Å². The van der Waals surface area contributed by atoms with Crippen LogP contribution >= 0.6 is 12.4 Å². The Balaban J connectivity index is 0.00000338. The van der Waals surface area contributed by atoms with E-state index in [-0.39, 0.29) is 24.9 Å². The van der Waals surface area contributed by atoms with Crippen LogP contribution in [0.15, 0.2) is 18.2 Å². The maximum absolute atomic E-state index is 13.2. The normalized spacial score (nSPS) is 17.4. The van der Waals surface area contributed by atoms with Crippen molar-refractivity contribution >= 4 is 24.2 Å². The predicted octanol–water partition coefficient (Wildman–Crippen LogP) is 2.29. The van der Waals surface area contributed by atoms with Gasteiger partial charge in [0, 0.05) is 18.7 Å². The van der Waals surface area contributed by atoms with Gasteiger partial charge in [-0.2, -0.15) is 0 Å². The van der Waals surface area contributed by atoms with E-state index in [1.807, 2.05) is 32.0 Å². The molecule has 0 saturated carbocycles. The molecule has 26 heavy (non-hydrogen) atoms. The molecular weight excluding hydrogens is 364 g/mol. The summed E-state index contributed by atoms with van der Waals surface area (Å²) in [6.45, 7) is 3.07. The fourth-order valence-electron chi connectivity index (χ4n) is 3.09. The number of benzene rings is 1. The number of aryl methyl sites for hydroxylation is 2. The van der Waals surface area contributed by atoms with Crippen LogP contribution in [0.5, 0.6) is 0 Å². The lowest BCUT2D eigenvalue weighted by Gasteiger charge is -2.32. The van der Waals surface area contributed by atoms with Crippen molar-refractivity contribution in [2.75, 3.05) is 26.2 Å². The lowest BCUT2D eigenvalue weighted by molar-refractivity contribution is -0.128. The summed E-state index contributed by atoms with van der Waals surface area (Å²) in [6.07, 6.45) is 1.25. The van der Waals surface area contributed by atoms with E-state index in [4.69, 9.17) is 5.73 Å². The van der Waals surface area contributed by atoms with Crippen LogP contribution in [-0.2, 0) is 4.79 Å². The van der Waals surface area contributed by atoms with Crippen LogP contribution in [0, 0.1) is 19.8 Å². The second-order valence-corrected chi connectivity index (χ2v) is 6.74. The second-order valence-electron chi connectivity index (χ2n) is 6.74. The summed E-state index contributed by atoms with van der Waals surface area (Å²) in [5.41, 5.74) is 7.56. The summed E-state index contributed by atoms with van der Waals surface area (Å²) in [4.78, 5) is 26.5. The van der Waals surface area contributed by atoms with E-state index in [1.54, 1.807) is 4.90 Å². The maximum Gasteiger partial charge on any atom is 0.277 e. The average molecular weight is 390 g/mol. The van der Waals surface area contributed by atoms with Gasteiger partial charge in [-0.1, -0.05) is 17.2 Å². The third-order valence-corrected chi connectivity index (χ3v) is 4.37. The average Bonchev–Trinajstić information content (AvgIpc) is 2.58. The summed E-state index contributed by atoms with van der Waals surface area (Å²) >= 11 is 0. The number of nitrogens with one attached hydrogen (secondary N) is 1. The van der Waals surface area contributed by atoms with Gasteiger partial charge >= 0.3 is 0 Å². The van der Waals surface area contributed by atoms with Gasteiger partial charge in [0.15, 0.2) is 0 Å². The smallest absolute Gasteiger partial charge is 0.277 e. The molecule has 2 rings (SSSR count). The second kappa shape index (κ2) is 9.28. The van der Waals surface area contributed by atoms with E-state index >= 15 is 0 Å². The number of hydrogen-bond acceptors (Lipinski definition) is 3. The first-order valence-corrected chi connectivity index (χ1v) is 8.45. The zero-order valence-corrected chi connectivity index (χ0v) is 15.9. The number of hydrogen-bond donors (Lipinski definition) is 2. The zero-order chi connectivity index (χ0) is 18.6. The summed E-state index contributed by atoms with van der Waals surface area (Å²) in [7, 11) is 0. The van der Waals surface area contributed by atoms with Gasteiger partial charge in [-0.05, 0) is 38.8 Å². The van der Waals surface area contributed by atoms with Crippen LogP contribution in [0.2, 0.25) is 0 Å². The summed E-state index contributed by atoms with van der Waals surface area (Å²) in [5, 5.41) is 2.25. The number of carbonyl (C=O) groups is 2. The summed E-state index contributed by atoms with van der Waals surface area (Å²) in [6, 6.07) is 5.63. The van der Waals surface area contributed by atoms with Gasteiger partial charge in [-0.3, -0.25) is 9.59 Å². The van der Waals surface area contributed by atoms with E-state index in [9.17, 15) is 18.4 Å². The number of nitrogens with two attached hydrogens (primary N) is 1. The SMILES string of the molecule is Cc1cc(C)cc(C(=O)N2CCCC(C(=O)NCC(F)(F)CN)C2)c1.Cl. The van der Waals surface area contributed by atoms with Crippen molar-refractivity contribution < 1.29 is 18.4 Å². The van der Waals surface area contributed by atoms with Gasteiger partial charge < -0.3 is 16.0 Å².